The van der Waals surface area contributed by atoms with Crippen LogP contribution in [0, 0.1) is 9.49 Å². The summed E-state index contributed by atoms with van der Waals surface area (Å²) in [6.45, 7) is 5.47. The Bertz CT molecular complexity index is 649. The van der Waals surface area contributed by atoms with Crippen molar-refractivity contribution in [2.75, 3.05) is 5.32 Å². The first kappa shape index (κ1) is 20.2. The zero-order chi connectivity index (χ0) is 18.6. The SMILES string of the molecule is CC(C)(C)OC(=O)N[C@@H]1CCCC(C(=O)Nc2cc(I)c(Cl)cn2)C1. The summed E-state index contributed by atoms with van der Waals surface area (Å²) >= 11 is 8.04. The summed E-state index contributed by atoms with van der Waals surface area (Å²) in [5.41, 5.74) is -0.535. The molecule has 1 unspecified atom stereocenters. The number of alkyl carbamates (subject to hydrolysis) is 1. The molecule has 1 heterocycles. The van der Waals surface area contributed by atoms with Gasteiger partial charge in [-0.1, -0.05) is 18.0 Å². The van der Waals surface area contributed by atoms with Gasteiger partial charge in [0.25, 0.3) is 0 Å². The van der Waals surface area contributed by atoms with E-state index in [-0.39, 0.29) is 17.9 Å². The number of hydrogen-bond donors (Lipinski definition) is 2. The number of nitrogens with one attached hydrogen (secondary N) is 2. The molecule has 0 saturated heterocycles. The molecule has 0 spiro atoms. The van der Waals surface area contributed by atoms with E-state index in [9.17, 15) is 9.59 Å². The third-order valence-electron chi connectivity index (χ3n) is 3.83. The van der Waals surface area contributed by atoms with E-state index in [1.165, 1.54) is 6.20 Å². The van der Waals surface area contributed by atoms with Crippen LogP contribution in [0.1, 0.15) is 46.5 Å². The molecule has 25 heavy (non-hydrogen) atoms. The molecule has 1 aliphatic rings. The van der Waals surface area contributed by atoms with Gasteiger partial charge in [0.1, 0.15) is 11.4 Å². The maximum atomic E-state index is 12.5. The quantitative estimate of drug-likeness (QED) is 0.631. The van der Waals surface area contributed by atoms with Crippen molar-refractivity contribution in [1.82, 2.24) is 10.3 Å². The summed E-state index contributed by atoms with van der Waals surface area (Å²) in [6, 6.07) is 1.68. The van der Waals surface area contributed by atoms with E-state index in [0.29, 0.717) is 17.3 Å². The molecule has 1 saturated carbocycles. The highest BCUT2D eigenvalue weighted by Gasteiger charge is 2.29. The largest absolute Gasteiger partial charge is 0.444 e. The predicted octanol–water partition coefficient (Wildman–Crippen LogP) is 4.36. The molecule has 0 aliphatic heterocycles. The van der Waals surface area contributed by atoms with Crippen molar-refractivity contribution in [3.63, 3.8) is 0 Å². The van der Waals surface area contributed by atoms with Crippen LogP contribution in [-0.2, 0) is 9.53 Å². The molecule has 0 aromatic carbocycles. The lowest BCUT2D eigenvalue weighted by molar-refractivity contribution is -0.121. The van der Waals surface area contributed by atoms with Gasteiger partial charge in [-0.05, 0) is 68.7 Å². The smallest absolute Gasteiger partial charge is 0.407 e. The molecule has 138 valence electrons. The van der Waals surface area contributed by atoms with Crippen molar-refractivity contribution in [3.05, 3.63) is 20.9 Å². The summed E-state index contributed by atoms with van der Waals surface area (Å²) in [5, 5.41) is 6.25. The first-order valence-corrected chi connectivity index (χ1v) is 9.71. The van der Waals surface area contributed by atoms with Crippen molar-refractivity contribution in [2.24, 2.45) is 5.92 Å². The van der Waals surface area contributed by atoms with Gasteiger partial charge in [0, 0.05) is 21.7 Å². The minimum atomic E-state index is -0.535. The topological polar surface area (TPSA) is 80.3 Å². The van der Waals surface area contributed by atoms with E-state index in [1.54, 1.807) is 6.07 Å². The van der Waals surface area contributed by atoms with Crippen LogP contribution in [0.2, 0.25) is 5.02 Å². The number of carbonyl (C=O) groups excluding carboxylic acids is 2. The van der Waals surface area contributed by atoms with Gasteiger partial charge in [-0.2, -0.15) is 0 Å². The van der Waals surface area contributed by atoms with Crippen molar-refractivity contribution in [2.45, 2.75) is 58.1 Å². The minimum absolute atomic E-state index is 0.0577. The number of nitrogens with zero attached hydrogens (tertiary/aromatic N) is 1. The summed E-state index contributed by atoms with van der Waals surface area (Å²) < 4.78 is 6.11. The molecule has 2 atom stereocenters. The van der Waals surface area contributed by atoms with E-state index in [2.05, 4.69) is 38.2 Å². The number of rotatable bonds is 3. The maximum Gasteiger partial charge on any atom is 0.407 e. The van der Waals surface area contributed by atoms with Gasteiger partial charge < -0.3 is 15.4 Å². The van der Waals surface area contributed by atoms with Crippen LogP contribution in [-0.4, -0.2) is 28.6 Å². The van der Waals surface area contributed by atoms with Gasteiger partial charge in [0.2, 0.25) is 5.91 Å². The molecule has 0 radical (unpaired) electrons. The van der Waals surface area contributed by atoms with Crippen LogP contribution in [0.3, 0.4) is 0 Å². The highest BCUT2D eigenvalue weighted by atomic mass is 127. The summed E-state index contributed by atoms with van der Waals surface area (Å²) in [5.74, 6) is 0.242. The number of ether oxygens (including phenoxy) is 1. The number of amides is 2. The van der Waals surface area contributed by atoms with Crippen LogP contribution in [0.15, 0.2) is 12.3 Å². The van der Waals surface area contributed by atoms with Crippen LogP contribution < -0.4 is 10.6 Å². The van der Waals surface area contributed by atoms with E-state index in [1.807, 2.05) is 20.8 Å². The lowest BCUT2D eigenvalue weighted by Gasteiger charge is -2.30. The third kappa shape index (κ3) is 6.62. The molecule has 1 aromatic rings. The molecule has 1 fully saturated rings. The Morgan fingerprint density at radius 2 is 2.08 bits per heavy atom. The number of halogens is 2. The molecule has 8 heteroatoms. The fraction of sp³-hybridized carbons (Fsp3) is 0.588. The minimum Gasteiger partial charge on any atom is -0.444 e. The van der Waals surface area contributed by atoms with Crippen molar-refractivity contribution >= 4 is 52.0 Å². The van der Waals surface area contributed by atoms with E-state index < -0.39 is 11.7 Å². The second-order valence-corrected chi connectivity index (χ2v) is 8.75. The Balaban J connectivity index is 1.90. The normalized spacial score (nSPS) is 20.7. The van der Waals surface area contributed by atoms with Crippen molar-refractivity contribution in [1.29, 1.82) is 0 Å². The molecule has 2 rings (SSSR count). The standard InChI is InChI=1S/C17H23ClIN3O3/c1-17(2,3)25-16(24)21-11-6-4-5-10(7-11)15(23)22-14-8-13(19)12(18)9-20-14/h8-11H,4-7H2,1-3H3,(H,21,24)(H,20,22,23)/t10?,11-/m1/s1. The summed E-state index contributed by atoms with van der Waals surface area (Å²) in [6.07, 6.45) is 4.20. The first-order chi connectivity index (χ1) is 11.6. The van der Waals surface area contributed by atoms with Crippen LogP contribution in [0.4, 0.5) is 10.6 Å². The molecule has 6 nitrogen and oxygen atoms in total. The molecule has 2 amide bonds. The Morgan fingerprint density at radius 1 is 1.36 bits per heavy atom. The fourth-order valence-electron chi connectivity index (χ4n) is 2.74. The highest BCUT2D eigenvalue weighted by molar-refractivity contribution is 14.1. The Morgan fingerprint density at radius 3 is 2.72 bits per heavy atom. The third-order valence-corrected chi connectivity index (χ3v) is 5.34. The zero-order valence-electron chi connectivity index (χ0n) is 14.6. The fourth-order valence-corrected chi connectivity index (χ4v) is 3.28. The first-order valence-electron chi connectivity index (χ1n) is 8.25. The number of anilines is 1. The van der Waals surface area contributed by atoms with Crippen LogP contribution >= 0.6 is 34.2 Å². The van der Waals surface area contributed by atoms with Gasteiger partial charge in [-0.15, -0.1) is 0 Å². The second-order valence-electron chi connectivity index (χ2n) is 7.18. The van der Waals surface area contributed by atoms with E-state index in [4.69, 9.17) is 16.3 Å². The van der Waals surface area contributed by atoms with E-state index >= 15 is 0 Å². The zero-order valence-corrected chi connectivity index (χ0v) is 17.5. The summed E-state index contributed by atoms with van der Waals surface area (Å²) in [4.78, 5) is 28.5. The number of pyridine rings is 1. The van der Waals surface area contributed by atoms with Gasteiger partial charge in [-0.25, -0.2) is 9.78 Å². The van der Waals surface area contributed by atoms with Crippen molar-refractivity contribution < 1.29 is 14.3 Å². The molecular formula is C17H23ClIN3O3. The Hall–Kier alpha value is -1.09. The molecule has 1 aromatic heterocycles. The molecule has 0 bridgehead atoms. The lowest BCUT2D eigenvalue weighted by Crippen LogP contribution is -2.43. The number of aromatic nitrogens is 1. The number of hydrogen-bond acceptors (Lipinski definition) is 4. The second kappa shape index (κ2) is 8.53. The van der Waals surface area contributed by atoms with E-state index in [0.717, 1.165) is 22.8 Å². The predicted molar refractivity (Wildman–Crippen MR) is 106 cm³/mol. The maximum absolute atomic E-state index is 12.5. The van der Waals surface area contributed by atoms with Crippen molar-refractivity contribution in [3.8, 4) is 0 Å². The van der Waals surface area contributed by atoms with Crippen LogP contribution in [0.25, 0.3) is 0 Å². The molecule has 1 aliphatic carbocycles. The van der Waals surface area contributed by atoms with Crippen LogP contribution in [0.5, 0.6) is 0 Å². The Kier molecular flexibility index (Phi) is 6.90. The average Bonchev–Trinajstić information content (AvgIpc) is 2.49. The molecular weight excluding hydrogens is 457 g/mol. The highest BCUT2D eigenvalue weighted by Crippen LogP contribution is 2.26. The van der Waals surface area contributed by atoms with Gasteiger partial charge in [-0.3, -0.25) is 4.79 Å². The van der Waals surface area contributed by atoms with Gasteiger partial charge >= 0.3 is 6.09 Å². The summed E-state index contributed by atoms with van der Waals surface area (Å²) in [7, 11) is 0. The average molecular weight is 480 g/mol. The van der Waals surface area contributed by atoms with Gasteiger partial charge in [0.15, 0.2) is 0 Å². The number of carbonyl (C=O) groups is 2. The monoisotopic (exact) mass is 479 g/mol. The Labute approximate surface area is 166 Å². The van der Waals surface area contributed by atoms with Gasteiger partial charge in [0.05, 0.1) is 5.02 Å². The molecule has 2 N–H and O–H groups in total. The lowest BCUT2D eigenvalue weighted by atomic mass is 9.85.